The minimum absolute atomic E-state index is 0.113. The molecular weight excluding hydrogens is 439 g/mol. The van der Waals surface area contributed by atoms with Gasteiger partial charge in [0.25, 0.3) is 0 Å². The standard InChI is InChI=1S/C22H24Cl2N4OS/c1-14-7-8-15(2)21-20(14)25-22(30-21)26(3)13-18(29)28-11-9-27(10-12-28)17-6-4-5-16(23)19(17)24/h4-8H,9-13H2,1-3H3. The van der Waals surface area contributed by atoms with Gasteiger partial charge in [-0.2, -0.15) is 0 Å². The third kappa shape index (κ3) is 4.09. The summed E-state index contributed by atoms with van der Waals surface area (Å²) in [6, 6.07) is 9.87. The minimum atomic E-state index is 0.113. The molecule has 0 N–H and O–H groups in total. The predicted octanol–water partition coefficient (Wildman–Crippen LogP) is 5.00. The molecule has 1 aliphatic heterocycles. The molecule has 158 valence electrons. The summed E-state index contributed by atoms with van der Waals surface area (Å²) in [6.45, 7) is 7.27. The lowest BCUT2D eigenvalue weighted by molar-refractivity contribution is -0.129. The molecule has 3 aromatic rings. The molecular formula is C22H24Cl2N4OS. The van der Waals surface area contributed by atoms with Crippen LogP contribution in [0.15, 0.2) is 30.3 Å². The Morgan fingerprint density at radius 3 is 2.50 bits per heavy atom. The maximum atomic E-state index is 12.9. The van der Waals surface area contributed by atoms with Crippen LogP contribution in [0.1, 0.15) is 11.1 Å². The van der Waals surface area contributed by atoms with Crippen LogP contribution in [-0.4, -0.2) is 55.6 Å². The number of aryl methyl sites for hydroxylation is 2. The predicted molar refractivity (Wildman–Crippen MR) is 128 cm³/mol. The molecule has 1 aromatic heterocycles. The lowest BCUT2D eigenvalue weighted by Crippen LogP contribution is -2.51. The Hall–Kier alpha value is -2.02. The molecule has 2 aromatic carbocycles. The van der Waals surface area contributed by atoms with Crippen molar-refractivity contribution in [3.8, 4) is 0 Å². The van der Waals surface area contributed by atoms with E-state index in [0.29, 0.717) is 29.7 Å². The second-order valence-corrected chi connectivity index (χ2v) is 9.43. The van der Waals surface area contributed by atoms with Gasteiger partial charge in [-0.05, 0) is 37.1 Å². The lowest BCUT2D eigenvalue weighted by atomic mass is 10.1. The SMILES string of the molecule is Cc1ccc(C)c2sc(N(C)CC(=O)N3CCN(c4cccc(Cl)c4Cl)CC3)nc12. The molecule has 1 aliphatic rings. The number of carbonyl (C=O) groups excluding carboxylic acids is 1. The number of amides is 1. The van der Waals surface area contributed by atoms with Gasteiger partial charge in [0.05, 0.1) is 32.5 Å². The van der Waals surface area contributed by atoms with E-state index >= 15 is 0 Å². The van der Waals surface area contributed by atoms with Gasteiger partial charge in [-0.25, -0.2) is 4.98 Å². The number of benzene rings is 2. The molecule has 1 fully saturated rings. The molecule has 0 saturated carbocycles. The molecule has 0 spiro atoms. The van der Waals surface area contributed by atoms with E-state index in [-0.39, 0.29) is 5.91 Å². The normalized spacial score (nSPS) is 14.4. The van der Waals surface area contributed by atoms with Crippen molar-refractivity contribution in [3.63, 3.8) is 0 Å². The van der Waals surface area contributed by atoms with E-state index in [9.17, 15) is 4.79 Å². The van der Waals surface area contributed by atoms with Gasteiger partial charge in [-0.15, -0.1) is 0 Å². The fraction of sp³-hybridized carbons (Fsp3) is 0.364. The van der Waals surface area contributed by atoms with Gasteiger partial charge in [0.1, 0.15) is 0 Å². The van der Waals surface area contributed by atoms with E-state index in [1.54, 1.807) is 17.4 Å². The summed E-state index contributed by atoms with van der Waals surface area (Å²) in [5.41, 5.74) is 4.33. The summed E-state index contributed by atoms with van der Waals surface area (Å²) in [5.74, 6) is 0.113. The van der Waals surface area contributed by atoms with E-state index in [1.165, 1.54) is 10.3 Å². The molecule has 0 atom stereocenters. The maximum absolute atomic E-state index is 12.9. The number of thiazole rings is 1. The second-order valence-electron chi connectivity index (χ2n) is 7.67. The zero-order chi connectivity index (χ0) is 21.4. The first-order valence-corrected chi connectivity index (χ1v) is 11.5. The Kier molecular flexibility index (Phi) is 6.09. The Morgan fingerprint density at radius 2 is 1.80 bits per heavy atom. The number of aromatic nitrogens is 1. The Bertz CT molecular complexity index is 1050. The maximum Gasteiger partial charge on any atom is 0.242 e. The van der Waals surface area contributed by atoms with E-state index in [1.807, 2.05) is 29.0 Å². The highest BCUT2D eigenvalue weighted by Crippen LogP contribution is 2.34. The highest BCUT2D eigenvalue weighted by molar-refractivity contribution is 7.22. The molecule has 1 saturated heterocycles. The van der Waals surface area contributed by atoms with Crippen molar-refractivity contribution in [2.24, 2.45) is 0 Å². The Labute approximate surface area is 190 Å². The zero-order valence-electron chi connectivity index (χ0n) is 17.3. The number of hydrogen-bond donors (Lipinski definition) is 0. The third-order valence-electron chi connectivity index (χ3n) is 5.53. The number of fused-ring (bicyclic) bond motifs is 1. The number of anilines is 2. The smallest absolute Gasteiger partial charge is 0.242 e. The third-order valence-corrected chi connectivity index (χ3v) is 7.65. The number of piperazine rings is 1. The van der Waals surface area contributed by atoms with Gasteiger partial charge in [0, 0.05) is 33.2 Å². The summed E-state index contributed by atoms with van der Waals surface area (Å²) in [5, 5.41) is 2.00. The molecule has 8 heteroatoms. The van der Waals surface area contributed by atoms with Crippen LogP contribution in [0.4, 0.5) is 10.8 Å². The minimum Gasteiger partial charge on any atom is -0.367 e. The van der Waals surface area contributed by atoms with Crippen LogP contribution in [0, 0.1) is 13.8 Å². The highest BCUT2D eigenvalue weighted by atomic mass is 35.5. The van der Waals surface area contributed by atoms with Crippen LogP contribution < -0.4 is 9.80 Å². The summed E-state index contributed by atoms with van der Waals surface area (Å²) >= 11 is 14.1. The zero-order valence-corrected chi connectivity index (χ0v) is 19.6. The fourth-order valence-corrected chi connectivity index (χ4v) is 5.20. The monoisotopic (exact) mass is 462 g/mol. The van der Waals surface area contributed by atoms with E-state index in [4.69, 9.17) is 28.2 Å². The number of carbonyl (C=O) groups is 1. The Balaban J connectivity index is 1.40. The first-order chi connectivity index (χ1) is 14.3. The molecule has 1 amide bonds. The first-order valence-electron chi connectivity index (χ1n) is 9.89. The highest BCUT2D eigenvalue weighted by Gasteiger charge is 2.24. The quantitative estimate of drug-likeness (QED) is 0.546. The number of hydrogen-bond acceptors (Lipinski definition) is 5. The molecule has 5 nitrogen and oxygen atoms in total. The molecule has 0 unspecified atom stereocenters. The van der Waals surface area contributed by atoms with Crippen molar-refractivity contribution in [2.75, 3.05) is 49.6 Å². The van der Waals surface area contributed by atoms with Crippen LogP contribution >= 0.6 is 34.5 Å². The number of likely N-dealkylation sites (N-methyl/N-ethyl adjacent to an activating group) is 1. The largest absolute Gasteiger partial charge is 0.367 e. The molecule has 4 rings (SSSR count). The molecule has 0 bridgehead atoms. The summed E-state index contributed by atoms with van der Waals surface area (Å²) in [4.78, 5) is 23.7. The van der Waals surface area contributed by atoms with Crippen molar-refractivity contribution in [3.05, 3.63) is 51.5 Å². The average Bonchev–Trinajstić information content (AvgIpc) is 3.20. The lowest BCUT2D eigenvalue weighted by Gasteiger charge is -2.37. The summed E-state index contributed by atoms with van der Waals surface area (Å²) in [6.07, 6.45) is 0. The van der Waals surface area contributed by atoms with Crippen LogP contribution in [0.5, 0.6) is 0 Å². The van der Waals surface area contributed by atoms with E-state index in [2.05, 4.69) is 30.9 Å². The van der Waals surface area contributed by atoms with Crippen LogP contribution in [0.3, 0.4) is 0 Å². The molecule has 30 heavy (non-hydrogen) atoms. The van der Waals surface area contributed by atoms with Crippen LogP contribution in [0.25, 0.3) is 10.2 Å². The second kappa shape index (κ2) is 8.61. The molecule has 0 radical (unpaired) electrons. The number of nitrogens with zero attached hydrogens (tertiary/aromatic N) is 4. The van der Waals surface area contributed by atoms with Crippen molar-refractivity contribution < 1.29 is 4.79 Å². The van der Waals surface area contributed by atoms with Gasteiger partial charge in [-0.1, -0.05) is 52.7 Å². The van der Waals surface area contributed by atoms with Crippen molar-refractivity contribution in [1.82, 2.24) is 9.88 Å². The van der Waals surface area contributed by atoms with Crippen LogP contribution in [0.2, 0.25) is 10.0 Å². The van der Waals surface area contributed by atoms with E-state index in [0.717, 1.165) is 35.0 Å². The van der Waals surface area contributed by atoms with E-state index < -0.39 is 0 Å². The van der Waals surface area contributed by atoms with Crippen molar-refractivity contribution in [2.45, 2.75) is 13.8 Å². The summed E-state index contributed by atoms with van der Waals surface area (Å²) < 4.78 is 1.19. The molecule has 2 heterocycles. The van der Waals surface area contributed by atoms with Crippen molar-refractivity contribution in [1.29, 1.82) is 0 Å². The molecule has 0 aliphatic carbocycles. The average molecular weight is 463 g/mol. The first kappa shape index (κ1) is 21.2. The topological polar surface area (TPSA) is 39.7 Å². The van der Waals surface area contributed by atoms with Gasteiger partial charge in [0.2, 0.25) is 5.91 Å². The fourth-order valence-electron chi connectivity index (χ4n) is 3.72. The van der Waals surface area contributed by atoms with Gasteiger partial charge < -0.3 is 14.7 Å². The summed E-state index contributed by atoms with van der Waals surface area (Å²) in [7, 11) is 1.93. The van der Waals surface area contributed by atoms with Gasteiger partial charge in [-0.3, -0.25) is 4.79 Å². The number of rotatable bonds is 4. The van der Waals surface area contributed by atoms with Crippen molar-refractivity contribution >= 4 is 61.5 Å². The Morgan fingerprint density at radius 1 is 1.10 bits per heavy atom. The number of halogens is 2. The van der Waals surface area contributed by atoms with Gasteiger partial charge >= 0.3 is 0 Å². The van der Waals surface area contributed by atoms with Crippen LogP contribution in [-0.2, 0) is 4.79 Å². The van der Waals surface area contributed by atoms with Gasteiger partial charge in [0.15, 0.2) is 5.13 Å².